The van der Waals surface area contributed by atoms with Crippen LogP contribution in [0, 0.1) is 0 Å². The molecule has 2 aromatic heterocycles. The SMILES string of the molecule is CCCCCNc1nc2ccccn2c(=O)c1C=C1SC(=S)N(CCCCCCCCCCC(=O)O)C1=O. The molecule has 0 saturated carbocycles. The lowest BCUT2D eigenvalue weighted by molar-refractivity contribution is -0.137. The summed E-state index contributed by atoms with van der Waals surface area (Å²) < 4.78 is 2.02. The van der Waals surface area contributed by atoms with E-state index in [2.05, 4.69) is 17.2 Å². The van der Waals surface area contributed by atoms with Crippen molar-refractivity contribution in [2.75, 3.05) is 18.4 Å². The first-order chi connectivity index (χ1) is 18.4. The molecule has 2 aromatic rings. The molecule has 0 bridgehead atoms. The molecule has 38 heavy (non-hydrogen) atoms. The summed E-state index contributed by atoms with van der Waals surface area (Å²) in [5.74, 6) is -0.394. The maximum absolute atomic E-state index is 13.3. The fourth-order valence-electron chi connectivity index (χ4n) is 4.38. The van der Waals surface area contributed by atoms with Gasteiger partial charge < -0.3 is 10.4 Å². The number of carboxylic acids is 1. The predicted octanol–water partition coefficient (Wildman–Crippen LogP) is 6.09. The van der Waals surface area contributed by atoms with E-state index in [0.29, 0.717) is 39.3 Å². The van der Waals surface area contributed by atoms with E-state index in [1.807, 2.05) is 6.07 Å². The molecule has 206 valence electrons. The predicted molar refractivity (Wildman–Crippen MR) is 159 cm³/mol. The van der Waals surface area contributed by atoms with Gasteiger partial charge in [-0.3, -0.25) is 23.7 Å². The van der Waals surface area contributed by atoms with Gasteiger partial charge in [-0.15, -0.1) is 0 Å². The molecule has 1 fully saturated rings. The van der Waals surface area contributed by atoms with E-state index in [0.717, 1.165) is 70.6 Å². The van der Waals surface area contributed by atoms with E-state index >= 15 is 0 Å². The monoisotopic (exact) mass is 558 g/mol. The van der Waals surface area contributed by atoms with Gasteiger partial charge in [-0.1, -0.05) is 88.3 Å². The zero-order valence-electron chi connectivity index (χ0n) is 22.1. The molecule has 10 heteroatoms. The van der Waals surface area contributed by atoms with Gasteiger partial charge in [-0.2, -0.15) is 0 Å². The van der Waals surface area contributed by atoms with Crippen molar-refractivity contribution in [3.05, 3.63) is 45.2 Å². The Morgan fingerprint density at radius 2 is 1.76 bits per heavy atom. The summed E-state index contributed by atoms with van der Waals surface area (Å²) in [4.78, 5) is 43.8. The van der Waals surface area contributed by atoms with Crippen molar-refractivity contribution in [2.24, 2.45) is 0 Å². The lowest BCUT2D eigenvalue weighted by Crippen LogP contribution is -2.29. The number of aromatic nitrogens is 2. The van der Waals surface area contributed by atoms with Crippen LogP contribution in [0.1, 0.15) is 89.5 Å². The number of carboxylic acid groups (broad SMARTS) is 1. The van der Waals surface area contributed by atoms with Gasteiger partial charge in [0.2, 0.25) is 0 Å². The largest absolute Gasteiger partial charge is 0.481 e. The summed E-state index contributed by atoms with van der Waals surface area (Å²) in [6, 6.07) is 5.42. The average molecular weight is 559 g/mol. The second-order valence-electron chi connectivity index (χ2n) is 9.55. The number of rotatable bonds is 17. The second-order valence-corrected chi connectivity index (χ2v) is 11.2. The number of amides is 1. The molecule has 0 atom stereocenters. The Bertz CT molecular complexity index is 1210. The fraction of sp³-hybridized carbons (Fsp3) is 0.536. The highest BCUT2D eigenvalue weighted by atomic mass is 32.2. The Hall–Kier alpha value is -2.72. The van der Waals surface area contributed by atoms with E-state index in [4.69, 9.17) is 17.3 Å². The molecule has 8 nitrogen and oxygen atoms in total. The van der Waals surface area contributed by atoms with E-state index in [9.17, 15) is 14.4 Å². The van der Waals surface area contributed by atoms with Crippen molar-refractivity contribution in [2.45, 2.75) is 84.0 Å². The zero-order valence-corrected chi connectivity index (χ0v) is 23.7. The van der Waals surface area contributed by atoms with Gasteiger partial charge in [0.15, 0.2) is 0 Å². The molecule has 2 N–H and O–H groups in total. The number of thioether (sulfide) groups is 1. The van der Waals surface area contributed by atoms with Crippen molar-refractivity contribution >= 4 is 57.7 Å². The van der Waals surface area contributed by atoms with Crippen molar-refractivity contribution in [3.8, 4) is 0 Å². The first-order valence-corrected chi connectivity index (χ1v) is 14.9. The highest BCUT2D eigenvalue weighted by Crippen LogP contribution is 2.33. The molecule has 3 rings (SSSR count). The van der Waals surface area contributed by atoms with E-state index in [1.54, 1.807) is 29.3 Å². The topological polar surface area (TPSA) is 104 Å². The van der Waals surface area contributed by atoms with Crippen LogP contribution in [0.3, 0.4) is 0 Å². The van der Waals surface area contributed by atoms with Crippen molar-refractivity contribution in [1.29, 1.82) is 0 Å². The minimum Gasteiger partial charge on any atom is -0.481 e. The normalized spacial score (nSPS) is 14.7. The maximum atomic E-state index is 13.3. The molecular formula is C28H38N4O4S2. The van der Waals surface area contributed by atoms with Crippen LogP contribution in [0.15, 0.2) is 34.1 Å². The quantitative estimate of drug-likeness (QED) is 0.136. The number of fused-ring (bicyclic) bond motifs is 1. The lowest BCUT2D eigenvalue weighted by Gasteiger charge is -2.14. The molecule has 0 aliphatic carbocycles. The molecule has 1 saturated heterocycles. The van der Waals surface area contributed by atoms with Gasteiger partial charge in [0.05, 0.1) is 10.5 Å². The summed E-state index contributed by atoms with van der Waals surface area (Å²) in [5.41, 5.74) is 0.705. The first kappa shape index (κ1) is 29.8. The standard InChI is InChI=1S/C28H38N4O4S2/c1-2-3-12-17-29-25-21(26(35)31-18-14-11-15-23(31)30-25)20-22-27(36)32(28(37)38-22)19-13-9-7-5-4-6-8-10-16-24(33)34/h11,14-15,18,20,29H,2-10,12-13,16-17,19H2,1H3,(H,33,34). The van der Waals surface area contributed by atoms with Gasteiger partial charge in [0.25, 0.3) is 11.5 Å². The molecule has 1 aliphatic heterocycles. The number of carbonyl (C=O) groups is 2. The number of thiocarbonyl (C=S) groups is 1. The number of nitrogens with one attached hydrogen (secondary N) is 1. The van der Waals surface area contributed by atoms with Crippen LogP contribution in [0.5, 0.6) is 0 Å². The minimum absolute atomic E-state index is 0.159. The van der Waals surface area contributed by atoms with Gasteiger partial charge in [-0.05, 0) is 37.5 Å². The first-order valence-electron chi connectivity index (χ1n) is 13.6. The third-order valence-corrected chi connectivity index (χ3v) is 7.89. The van der Waals surface area contributed by atoms with Gasteiger partial charge in [0, 0.05) is 25.7 Å². The number of pyridine rings is 1. The van der Waals surface area contributed by atoms with Crippen LogP contribution in [-0.4, -0.2) is 48.7 Å². The third-order valence-electron chi connectivity index (χ3n) is 6.51. The molecule has 0 aromatic carbocycles. The van der Waals surface area contributed by atoms with E-state index in [-0.39, 0.29) is 17.9 Å². The number of nitrogens with zero attached hydrogens (tertiary/aromatic N) is 3. The Balaban J connectivity index is 1.58. The summed E-state index contributed by atoms with van der Waals surface area (Å²) in [6.07, 6.45) is 14.7. The number of carbonyl (C=O) groups excluding carboxylic acids is 1. The molecule has 1 aliphatic rings. The molecule has 3 heterocycles. The van der Waals surface area contributed by atoms with Crippen molar-refractivity contribution < 1.29 is 14.7 Å². The smallest absolute Gasteiger partial charge is 0.303 e. The minimum atomic E-state index is -0.726. The summed E-state index contributed by atoms with van der Waals surface area (Å²) in [7, 11) is 0. The highest BCUT2D eigenvalue weighted by molar-refractivity contribution is 8.26. The van der Waals surface area contributed by atoms with Crippen LogP contribution in [0.25, 0.3) is 11.7 Å². The molecule has 0 unspecified atom stereocenters. The van der Waals surface area contributed by atoms with Gasteiger partial charge >= 0.3 is 5.97 Å². The average Bonchev–Trinajstić information content (AvgIpc) is 3.16. The number of anilines is 1. The Morgan fingerprint density at radius 3 is 2.47 bits per heavy atom. The van der Waals surface area contributed by atoms with Crippen LogP contribution < -0.4 is 10.9 Å². The van der Waals surface area contributed by atoms with Gasteiger partial charge in [0.1, 0.15) is 15.8 Å². The summed E-state index contributed by atoms with van der Waals surface area (Å²) in [5, 5.41) is 12.0. The van der Waals surface area contributed by atoms with Crippen molar-refractivity contribution in [1.82, 2.24) is 14.3 Å². The van der Waals surface area contributed by atoms with Crippen LogP contribution in [-0.2, 0) is 9.59 Å². The van der Waals surface area contributed by atoms with E-state index in [1.165, 1.54) is 16.2 Å². The van der Waals surface area contributed by atoms with E-state index < -0.39 is 5.97 Å². The fourth-order valence-corrected chi connectivity index (χ4v) is 5.67. The second kappa shape index (κ2) is 15.6. The third kappa shape index (κ3) is 8.66. The number of aliphatic carboxylic acids is 1. The number of unbranched alkanes of at least 4 members (excludes halogenated alkanes) is 9. The molecule has 0 spiro atoms. The highest BCUT2D eigenvalue weighted by Gasteiger charge is 2.32. The van der Waals surface area contributed by atoms with Gasteiger partial charge in [-0.25, -0.2) is 4.98 Å². The lowest BCUT2D eigenvalue weighted by atomic mass is 10.1. The van der Waals surface area contributed by atoms with Crippen molar-refractivity contribution in [3.63, 3.8) is 0 Å². The number of hydrogen-bond donors (Lipinski definition) is 2. The summed E-state index contributed by atoms with van der Waals surface area (Å²) in [6.45, 7) is 3.41. The Labute approximate surface area is 233 Å². The summed E-state index contributed by atoms with van der Waals surface area (Å²) >= 11 is 6.74. The Morgan fingerprint density at radius 1 is 1.05 bits per heavy atom. The maximum Gasteiger partial charge on any atom is 0.303 e. The van der Waals surface area contributed by atoms with Crippen LogP contribution in [0.4, 0.5) is 5.82 Å². The Kier molecular flexibility index (Phi) is 12.3. The van der Waals surface area contributed by atoms with Crippen LogP contribution in [0.2, 0.25) is 0 Å². The molecule has 0 radical (unpaired) electrons. The molecule has 1 amide bonds. The molecular weight excluding hydrogens is 520 g/mol. The number of hydrogen-bond acceptors (Lipinski definition) is 7. The van der Waals surface area contributed by atoms with Crippen LogP contribution >= 0.6 is 24.0 Å². The zero-order chi connectivity index (χ0) is 27.3.